The van der Waals surface area contributed by atoms with Crippen molar-refractivity contribution in [1.29, 1.82) is 0 Å². The molecule has 0 saturated carbocycles. The van der Waals surface area contributed by atoms with Gasteiger partial charge in [0.25, 0.3) is 0 Å². The predicted molar refractivity (Wildman–Crippen MR) is 102 cm³/mol. The summed E-state index contributed by atoms with van der Waals surface area (Å²) in [5.41, 5.74) is 1.75. The zero-order valence-electron chi connectivity index (χ0n) is 14.3. The molecule has 3 rings (SSSR count). The van der Waals surface area contributed by atoms with Gasteiger partial charge in [-0.25, -0.2) is 13.6 Å². The van der Waals surface area contributed by atoms with Crippen LogP contribution in [0.15, 0.2) is 71.6 Å². The van der Waals surface area contributed by atoms with Crippen LogP contribution >= 0.6 is 0 Å². The van der Waals surface area contributed by atoms with Gasteiger partial charge in [0, 0.05) is 0 Å². The predicted octanol–water partition coefficient (Wildman–Crippen LogP) is 2.91. The van der Waals surface area contributed by atoms with Gasteiger partial charge in [0.15, 0.2) is 0 Å². The van der Waals surface area contributed by atoms with Crippen molar-refractivity contribution in [3.63, 3.8) is 0 Å². The number of nitrogens with two attached hydrogens (primary N) is 1. The molecule has 3 aromatic carbocycles. The lowest BCUT2D eigenvalue weighted by molar-refractivity contribution is -0.121. The molecule has 1 amide bonds. The third kappa shape index (κ3) is 4.28. The van der Waals surface area contributed by atoms with Crippen LogP contribution in [0.3, 0.4) is 0 Å². The Labute approximate surface area is 152 Å². The van der Waals surface area contributed by atoms with Crippen molar-refractivity contribution in [2.75, 3.05) is 0 Å². The number of fused-ring (bicyclic) bond motifs is 1. The standard InChI is InChI=1S/C20H20N2O3S/c1-14(16-8-10-19(11-9-16)26(21,24)25)22-20(23)13-15-6-7-17-4-2-3-5-18(17)12-15/h2-12,14H,13H2,1H3,(H,22,23)(H2,21,24,25)/t14-/m1/s1. The molecule has 5 nitrogen and oxygen atoms in total. The van der Waals surface area contributed by atoms with E-state index in [1.54, 1.807) is 12.1 Å². The Morgan fingerprint density at radius 1 is 1.00 bits per heavy atom. The molecule has 0 fully saturated rings. The van der Waals surface area contributed by atoms with E-state index in [9.17, 15) is 13.2 Å². The lowest BCUT2D eigenvalue weighted by Gasteiger charge is -2.15. The second-order valence-electron chi connectivity index (χ2n) is 6.26. The van der Waals surface area contributed by atoms with Crippen molar-refractivity contribution in [3.8, 4) is 0 Å². The zero-order chi connectivity index (χ0) is 18.7. The van der Waals surface area contributed by atoms with Gasteiger partial charge in [0.05, 0.1) is 17.4 Å². The summed E-state index contributed by atoms with van der Waals surface area (Å²) in [6.07, 6.45) is 0.282. The van der Waals surface area contributed by atoms with E-state index in [-0.39, 0.29) is 23.3 Å². The first-order valence-electron chi connectivity index (χ1n) is 8.23. The van der Waals surface area contributed by atoms with Gasteiger partial charge in [-0.2, -0.15) is 0 Å². The molecule has 6 heteroatoms. The topological polar surface area (TPSA) is 89.3 Å². The Morgan fingerprint density at radius 2 is 1.65 bits per heavy atom. The molecule has 0 saturated heterocycles. The number of sulfonamides is 1. The number of carbonyl (C=O) groups excluding carboxylic acids is 1. The number of primary sulfonamides is 1. The van der Waals surface area contributed by atoms with Crippen LogP contribution in [0, 0.1) is 0 Å². The van der Waals surface area contributed by atoms with Crippen molar-refractivity contribution in [1.82, 2.24) is 5.32 Å². The highest BCUT2D eigenvalue weighted by atomic mass is 32.2. The molecule has 134 valence electrons. The number of amides is 1. The molecule has 0 bridgehead atoms. The minimum Gasteiger partial charge on any atom is -0.349 e. The molecular formula is C20H20N2O3S. The van der Waals surface area contributed by atoms with Crippen LogP contribution in [0.1, 0.15) is 24.1 Å². The number of benzene rings is 3. The highest BCUT2D eigenvalue weighted by Gasteiger charge is 2.12. The lowest BCUT2D eigenvalue weighted by Crippen LogP contribution is -2.28. The number of carbonyl (C=O) groups is 1. The molecule has 1 atom stereocenters. The number of hydrogen-bond acceptors (Lipinski definition) is 3. The van der Waals surface area contributed by atoms with E-state index in [1.807, 2.05) is 49.4 Å². The van der Waals surface area contributed by atoms with Gasteiger partial charge in [-0.05, 0) is 41.0 Å². The maximum atomic E-state index is 12.3. The normalized spacial score (nSPS) is 12.7. The second-order valence-corrected chi connectivity index (χ2v) is 7.82. The molecule has 3 aromatic rings. The molecule has 0 spiro atoms. The van der Waals surface area contributed by atoms with E-state index in [1.165, 1.54) is 12.1 Å². The first kappa shape index (κ1) is 18.1. The summed E-state index contributed by atoms with van der Waals surface area (Å²) in [5.74, 6) is -0.0942. The molecule has 0 radical (unpaired) electrons. The minimum absolute atomic E-state index is 0.0518. The maximum Gasteiger partial charge on any atom is 0.238 e. The Hall–Kier alpha value is -2.70. The van der Waals surface area contributed by atoms with Crippen molar-refractivity contribution in [2.24, 2.45) is 5.14 Å². The van der Waals surface area contributed by atoms with Gasteiger partial charge < -0.3 is 5.32 Å². The molecule has 0 unspecified atom stereocenters. The van der Waals surface area contributed by atoms with Gasteiger partial charge in [0.2, 0.25) is 15.9 Å². The van der Waals surface area contributed by atoms with E-state index in [0.717, 1.165) is 21.9 Å². The number of hydrogen-bond donors (Lipinski definition) is 2. The van der Waals surface area contributed by atoms with Crippen molar-refractivity contribution < 1.29 is 13.2 Å². The van der Waals surface area contributed by atoms with Gasteiger partial charge in [-0.15, -0.1) is 0 Å². The molecule has 0 aromatic heterocycles. The molecule has 0 aliphatic carbocycles. The van der Waals surface area contributed by atoms with E-state index in [4.69, 9.17) is 5.14 Å². The fourth-order valence-corrected chi connectivity index (χ4v) is 3.37. The van der Waals surface area contributed by atoms with Gasteiger partial charge in [-0.1, -0.05) is 54.6 Å². The largest absolute Gasteiger partial charge is 0.349 e. The Balaban J connectivity index is 1.66. The maximum absolute atomic E-state index is 12.3. The fraction of sp³-hybridized carbons (Fsp3) is 0.150. The van der Waals surface area contributed by atoms with E-state index in [2.05, 4.69) is 5.32 Å². The zero-order valence-corrected chi connectivity index (χ0v) is 15.2. The van der Waals surface area contributed by atoms with Crippen LogP contribution in [0.25, 0.3) is 10.8 Å². The van der Waals surface area contributed by atoms with Gasteiger partial charge in [0.1, 0.15) is 0 Å². The SMILES string of the molecule is C[C@@H](NC(=O)Cc1ccc2ccccc2c1)c1ccc(S(N)(=O)=O)cc1. The van der Waals surface area contributed by atoms with Crippen molar-refractivity contribution in [2.45, 2.75) is 24.3 Å². The summed E-state index contributed by atoms with van der Waals surface area (Å²) in [4.78, 5) is 12.4. The quantitative estimate of drug-likeness (QED) is 0.726. The smallest absolute Gasteiger partial charge is 0.238 e. The first-order valence-corrected chi connectivity index (χ1v) is 9.77. The molecular weight excluding hydrogens is 348 g/mol. The highest BCUT2D eigenvalue weighted by molar-refractivity contribution is 7.89. The third-order valence-corrected chi connectivity index (χ3v) is 5.19. The lowest BCUT2D eigenvalue weighted by atomic mass is 10.0. The average Bonchev–Trinajstić information content (AvgIpc) is 2.61. The number of nitrogens with one attached hydrogen (secondary N) is 1. The Kier molecular flexibility index (Phi) is 5.06. The second kappa shape index (κ2) is 7.27. The van der Waals surface area contributed by atoms with Crippen molar-refractivity contribution in [3.05, 3.63) is 77.9 Å². The molecule has 3 N–H and O–H groups in total. The van der Waals surface area contributed by atoms with Crippen LogP contribution in [-0.4, -0.2) is 14.3 Å². The average molecular weight is 368 g/mol. The van der Waals surface area contributed by atoms with Crippen molar-refractivity contribution >= 4 is 26.7 Å². The first-order chi connectivity index (χ1) is 12.3. The third-order valence-electron chi connectivity index (χ3n) is 4.26. The monoisotopic (exact) mass is 368 g/mol. The van der Waals surface area contributed by atoms with Gasteiger partial charge in [-0.3, -0.25) is 4.79 Å². The van der Waals surface area contributed by atoms with Crippen LogP contribution in [-0.2, 0) is 21.2 Å². The molecule has 0 aliphatic rings. The summed E-state index contributed by atoms with van der Waals surface area (Å²) >= 11 is 0. The summed E-state index contributed by atoms with van der Waals surface area (Å²) in [6, 6.07) is 19.9. The van der Waals surface area contributed by atoms with E-state index >= 15 is 0 Å². The Bertz CT molecular complexity index is 1040. The van der Waals surface area contributed by atoms with Crippen LogP contribution in [0.5, 0.6) is 0 Å². The van der Waals surface area contributed by atoms with Crippen LogP contribution in [0.2, 0.25) is 0 Å². The van der Waals surface area contributed by atoms with Crippen LogP contribution < -0.4 is 10.5 Å². The minimum atomic E-state index is -3.71. The van der Waals surface area contributed by atoms with Gasteiger partial charge >= 0.3 is 0 Å². The molecule has 0 aliphatic heterocycles. The molecule has 0 heterocycles. The summed E-state index contributed by atoms with van der Waals surface area (Å²) in [6.45, 7) is 1.85. The number of rotatable bonds is 5. The highest BCUT2D eigenvalue weighted by Crippen LogP contribution is 2.18. The Morgan fingerprint density at radius 3 is 2.31 bits per heavy atom. The van der Waals surface area contributed by atoms with Crippen LogP contribution in [0.4, 0.5) is 0 Å². The summed E-state index contributed by atoms with van der Waals surface area (Å²) in [5, 5.41) is 10.3. The summed E-state index contributed by atoms with van der Waals surface area (Å²) < 4.78 is 22.6. The van der Waals surface area contributed by atoms with E-state index in [0.29, 0.717) is 0 Å². The summed E-state index contributed by atoms with van der Waals surface area (Å²) in [7, 11) is -3.71. The van der Waals surface area contributed by atoms with E-state index < -0.39 is 10.0 Å². The fourth-order valence-electron chi connectivity index (χ4n) is 2.86. The molecule has 26 heavy (non-hydrogen) atoms.